The van der Waals surface area contributed by atoms with Crippen LogP contribution in [0.1, 0.15) is 44.2 Å². The summed E-state index contributed by atoms with van der Waals surface area (Å²) < 4.78 is 0. The molecule has 0 fully saturated rings. The van der Waals surface area contributed by atoms with Gasteiger partial charge >= 0.3 is 0 Å². The van der Waals surface area contributed by atoms with Crippen molar-refractivity contribution in [2.45, 2.75) is 33.1 Å². The number of benzene rings is 1. The molecule has 0 spiro atoms. The highest BCUT2D eigenvalue weighted by Crippen LogP contribution is 2.27. The van der Waals surface area contributed by atoms with Crippen molar-refractivity contribution in [1.82, 2.24) is 5.43 Å². The molecule has 1 aromatic carbocycles. The fraction of sp³-hybridized carbons (Fsp3) is 0.400. The zero-order valence-corrected chi connectivity index (χ0v) is 12.5. The van der Waals surface area contributed by atoms with Crippen LogP contribution < -0.4 is 16.5 Å². The number of anilines is 1. The third kappa shape index (κ3) is 3.39. The molecule has 2 rings (SSSR count). The molecular formula is C15H21N5O. The number of hydrogen-bond donors (Lipinski definition) is 4. The Morgan fingerprint density at radius 3 is 2.81 bits per heavy atom. The average Bonchev–Trinajstić information content (AvgIpc) is 2.38. The Bertz CT molecular complexity index is 606. The van der Waals surface area contributed by atoms with Gasteiger partial charge in [-0.3, -0.25) is 10.2 Å². The van der Waals surface area contributed by atoms with Crippen molar-refractivity contribution in [1.29, 1.82) is 5.41 Å². The molecule has 6 heteroatoms. The molecule has 0 bridgehead atoms. The molecular weight excluding hydrogens is 266 g/mol. The van der Waals surface area contributed by atoms with Crippen LogP contribution in [0, 0.1) is 11.3 Å². The predicted octanol–water partition coefficient (Wildman–Crippen LogP) is 1.98. The summed E-state index contributed by atoms with van der Waals surface area (Å²) in [6, 6.07) is 5.88. The SMILES string of the molecule is CC1CC(=O)NN=C1c1ccc(NC(=N)N)c(C(C)C)c1. The smallest absolute Gasteiger partial charge is 0.240 e. The van der Waals surface area contributed by atoms with Crippen molar-refractivity contribution in [3.8, 4) is 0 Å². The number of rotatable bonds is 3. The largest absolute Gasteiger partial charge is 0.370 e. The van der Waals surface area contributed by atoms with E-state index in [9.17, 15) is 4.79 Å². The number of hydrogen-bond acceptors (Lipinski definition) is 3. The standard InChI is InChI=1S/C15H21N5O/c1-8(2)11-7-10(4-5-12(11)18-15(16)17)14-9(3)6-13(21)19-20-14/h4-5,7-9H,6H2,1-3H3,(H,19,21)(H4,16,17,18). The van der Waals surface area contributed by atoms with E-state index in [-0.39, 0.29) is 23.7 Å². The first-order valence-corrected chi connectivity index (χ1v) is 7.00. The lowest BCUT2D eigenvalue weighted by Crippen LogP contribution is -2.32. The summed E-state index contributed by atoms with van der Waals surface area (Å²) in [7, 11) is 0. The minimum atomic E-state index is -0.0831. The Morgan fingerprint density at radius 1 is 1.52 bits per heavy atom. The van der Waals surface area contributed by atoms with Gasteiger partial charge in [-0.1, -0.05) is 26.8 Å². The zero-order chi connectivity index (χ0) is 15.6. The number of carbonyl (C=O) groups is 1. The Balaban J connectivity index is 2.40. The number of carbonyl (C=O) groups excluding carboxylic acids is 1. The van der Waals surface area contributed by atoms with E-state index < -0.39 is 0 Å². The number of guanidine groups is 1. The molecule has 0 saturated carbocycles. The third-order valence-electron chi connectivity index (χ3n) is 3.50. The molecule has 1 aliphatic rings. The van der Waals surface area contributed by atoms with Crippen LogP contribution in [0.15, 0.2) is 23.3 Å². The molecule has 1 aliphatic heterocycles. The first-order valence-electron chi connectivity index (χ1n) is 7.00. The molecule has 1 heterocycles. The van der Waals surface area contributed by atoms with Gasteiger partial charge in [-0.25, -0.2) is 5.43 Å². The van der Waals surface area contributed by atoms with E-state index in [1.54, 1.807) is 0 Å². The van der Waals surface area contributed by atoms with E-state index in [1.165, 1.54) is 0 Å². The summed E-state index contributed by atoms with van der Waals surface area (Å²) in [6.45, 7) is 6.16. The Hall–Kier alpha value is -2.37. The third-order valence-corrected chi connectivity index (χ3v) is 3.50. The molecule has 5 N–H and O–H groups in total. The van der Waals surface area contributed by atoms with Gasteiger partial charge in [-0.05, 0) is 29.2 Å². The summed E-state index contributed by atoms with van der Waals surface area (Å²) in [6.07, 6.45) is 0.448. The second kappa shape index (κ2) is 5.95. The fourth-order valence-corrected chi connectivity index (χ4v) is 2.46. The molecule has 0 aromatic heterocycles. The topological polar surface area (TPSA) is 103 Å². The summed E-state index contributed by atoms with van der Waals surface area (Å²) in [5.74, 6) is 0.233. The second-order valence-electron chi connectivity index (χ2n) is 5.63. The maximum Gasteiger partial charge on any atom is 0.240 e. The first-order chi connectivity index (χ1) is 9.88. The summed E-state index contributed by atoms with van der Waals surface area (Å²) in [5, 5.41) is 14.4. The average molecular weight is 287 g/mol. The highest BCUT2D eigenvalue weighted by molar-refractivity contribution is 6.06. The summed E-state index contributed by atoms with van der Waals surface area (Å²) in [5.41, 5.74) is 11.7. The van der Waals surface area contributed by atoms with E-state index in [0.717, 1.165) is 22.5 Å². The fourth-order valence-electron chi connectivity index (χ4n) is 2.46. The molecule has 6 nitrogen and oxygen atoms in total. The van der Waals surface area contributed by atoms with E-state index in [2.05, 4.69) is 29.7 Å². The molecule has 1 aromatic rings. The normalized spacial score (nSPS) is 18.2. The van der Waals surface area contributed by atoms with Crippen LogP contribution in [0.4, 0.5) is 5.69 Å². The van der Waals surface area contributed by atoms with Crippen molar-refractivity contribution < 1.29 is 4.79 Å². The summed E-state index contributed by atoms with van der Waals surface area (Å²) >= 11 is 0. The number of nitrogens with one attached hydrogen (secondary N) is 3. The van der Waals surface area contributed by atoms with Crippen LogP contribution in [-0.4, -0.2) is 17.6 Å². The van der Waals surface area contributed by atoms with Gasteiger partial charge in [0.25, 0.3) is 0 Å². The Labute approximate surface area is 124 Å². The zero-order valence-electron chi connectivity index (χ0n) is 12.5. The lowest BCUT2D eigenvalue weighted by molar-refractivity contribution is -0.121. The maximum absolute atomic E-state index is 11.3. The van der Waals surface area contributed by atoms with E-state index >= 15 is 0 Å². The van der Waals surface area contributed by atoms with Crippen molar-refractivity contribution in [2.75, 3.05) is 5.32 Å². The monoisotopic (exact) mass is 287 g/mol. The van der Waals surface area contributed by atoms with E-state index in [4.69, 9.17) is 11.1 Å². The Morgan fingerprint density at radius 2 is 2.24 bits per heavy atom. The van der Waals surface area contributed by atoms with Crippen molar-refractivity contribution >= 4 is 23.3 Å². The van der Waals surface area contributed by atoms with Crippen molar-refractivity contribution in [2.24, 2.45) is 16.8 Å². The number of nitrogens with zero attached hydrogens (tertiary/aromatic N) is 1. The number of amides is 1. The van der Waals surface area contributed by atoms with E-state index in [1.807, 2.05) is 25.1 Å². The van der Waals surface area contributed by atoms with Gasteiger partial charge in [-0.2, -0.15) is 5.10 Å². The minimum Gasteiger partial charge on any atom is -0.370 e. The van der Waals surface area contributed by atoms with Gasteiger partial charge in [-0.15, -0.1) is 0 Å². The van der Waals surface area contributed by atoms with Gasteiger partial charge in [0.05, 0.1) is 5.71 Å². The van der Waals surface area contributed by atoms with Gasteiger partial charge in [0, 0.05) is 18.0 Å². The van der Waals surface area contributed by atoms with Crippen LogP contribution in [0.25, 0.3) is 0 Å². The lowest BCUT2D eigenvalue weighted by atomic mass is 9.90. The Kier molecular flexibility index (Phi) is 4.26. The second-order valence-corrected chi connectivity index (χ2v) is 5.63. The molecule has 0 radical (unpaired) electrons. The quantitative estimate of drug-likeness (QED) is 0.504. The van der Waals surface area contributed by atoms with Gasteiger partial charge in [0.2, 0.25) is 5.91 Å². The number of hydrazone groups is 1. The molecule has 1 amide bonds. The lowest BCUT2D eigenvalue weighted by Gasteiger charge is -2.21. The first kappa shape index (κ1) is 15.0. The van der Waals surface area contributed by atoms with Crippen LogP contribution >= 0.6 is 0 Å². The van der Waals surface area contributed by atoms with Crippen LogP contribution in [0.3, 0.4) is 0 Å². The van der Waals surface area contributed by atoms with Crippen LogP contribution in [-0.2, 0) is 4.79 Å². The molecule has 112 valence electrons. The van der Waals surface area contributed by atoms with Crippen molar-refractivity contribution in [3.05, 3.63) is 29.3 Å². The molecule has 21 heavy (non-hydrogen) atoms. The predicted molar refractivity (Wildman–Crippen MR) is 84.5 cm³/mol. The molecule has 0 saturated heterocycles. The summed E-state index contributed by atoms with van der Waals surface area (Å²) in [4.78, 5) is 11.3. The molecule has 1 unspecified atom stereocenters. The van der Waals surface area contributed by atoms with Crippen LogP contribution in [0.2, 0.25) is 0 Å². The highest BCUT2D eigenvalue weighted by Gasteiger charge is 2.22. The van der Waals surface area contributed by atoms with Crippen molar-refractivity contribution in [3.63, 3.8) is 0 Å². The van der Waals surface area contributed by atoms with Gasteiger partial charge in [0.15, 0.2) is 5.96 Å². The highest BCUT2D eigenvalue weighted by atomic mass is 16.2. The van der Waals surface area contributed by atoms with Gasteiger partial charge < -0.3 is 11.1 Å². The van der Waals surface area contributed by atoms with Gasteiger partial charge in [0.1, 0.15) is 0 Å². The molecule has 1 atom stereocenters. The van der Waals surface area contributed by atoms with E-state index in [0.29, 0.717) is 6.42 Å². The minimum absolute atomic E-state index is 0.0507. The number of nitrogens with two attached hydrogens (primary N) is 1. The molecule has 0 aliphatic carbocycles. The van der Waals surface area contributed by atoms with Crippen LogP contribution in [0.5, 0.6) is 0 Å². The maximum atomic E-state index is 11.3.